The molecule has 0 unspecified atom stereocenters. The van der Waals surface area contributed by atoms with E-state index in [0.29, 0.717) is 11.3 Å². The van der Waals surface area contributed by atoms with E-state index < -0.39 is 0 Å². The largest absolute Gasteiger partial charge is 0.379 e. The van der Waals surface area contributed by atoms with Crippen LogP contribution >= 0.6 is 23.6 Å². The van der Waals surface area contributed by atoms with Crippen molar-refractivity contribution in [1.82, 2.24) is 14.5 Å². The average molecular weight is 402 g/mol. The van der Waals surface area contributed by atoms with E-state index in [4.69, 9.17) is 17.0 Å². The first-order valence-corrected chi connectivity index (χ1v) is 10.5. The molecule has 3 heterocycles. The van der Waals surface area contributed by atoms with E-state index in [0.717, 1.165) is 65.5 Å². The number of H-pyrrole nitrogens is 1. The summed E-state index contributed by atoms with van der Waals surface area (Å²) in [6.45, 7) is 7.15. The van der Waals surface area contributed by atoms with Crippen LogP contribution in [0.5, 0.6) is 0 Å². The van der Waals surface area contributed by atoms with Gasteiger partial charge in [-0.05, 0) is 31.1 Å². The fourth-order valence-corrected chi connectivity index (χ4v) is 5.07. The van der Waals surface area contributed by atoms with Gasteiger partial charge in [0.1, 0.15) is 4.83 Å². The highest BCUT2D eigenvalue weighted by Crippen LogP contribution is 2.35. The minimum atomic E-state index is 0.0129. The lowest BCUT2D eigenvalue weighted by Crippen LogP contribution is -2.37. The Morgan fingerprint density at radius 1 is 1.19 bits per heavy atom. The minimum absolute atomic E-state index is 0.0129. The summed E-state index contributed by atoms with van der Waals surface area (Å²) in [7, 11) is 0. The Hall–Kier alpha value is -1.80. The Labute approximate surface area is 167 Å². The Morgan fingerprint density at radius 2 is 1.93 bits per heavy atom. The van der Waals surface area contributed by atoms with E-state index in [1.54, 1.807) is 15.9 Å². The van der Waals surface area contributed by atoms with E-state index in [1.165, 1.54) is 0 Å². The van der Waals surface area contributed by atoms with Gasteiger partial charge in [-0.25, -0.2) is 0 Å². The molecule has 0 radical (unpaired) electrons. The number of thiophene rings is 1. The molecular weight excluding hydrogens is 378 g/mol. The van der Waals surface area contributed by atoms with E-state index in [2.05, 4.69) is 28.9 Å². The van der Waals surface area contributed by atoms with Gasteiger partial charge < -0.3 is 9.72 Å². The third-order valence-corrected chi connectivity index (χ3v) is 6.37. The first-order valence-electron chi connectivity index (χ1n) is 9.27. The average Bonchev–Trinajstić information content (AvgIpc) is 3.01. The summed E-state index contributed by atoms with van der Waals surface area (Å²) >= 11 is 7.09. The van der Waals surface area contributed by atoms with Gasteiger partial charge in [0.2, 0.25) is 0 Å². The number of aryl methyl sites for hydroxylation is 1. The Morgan fingerprint density at radius 3 is 2.67 bits per heavy atom. The van der Waals surface area contributed by atoms with Crippen molar-refractivity contribution in [2.24, 2.45) is 0 Å². The van der Waals surface area contributed by atoms with Gasteiger partial charge in [-0.3, -0.25) is 14.3 Å². The molecule has 27 heavy (non-hydrogen) atoms. The van der Waals surface area contributed by atoms with Crippen LogP contribution < -0.4 is 5.56 Å². The quantitative estimate of drug-likeness (QED) is 0.661. The van der Waals surface area contributed by atoms with Gasteiger partial charge in [0.25, 0.3) is 5.56 Å². The van der Waals surface area contributed by atoms with Crippen molar-refractivity contribution in [1.29, 1.82) is 0 Å². The molecule has 2 aromatic heterocycles. The number of ether oxygens (including phenoxy) is 1. The predicted molar refractivity (Wildman–Crippen MR) is 113 cm³/mol. The fourth-order valence-electron chi connectivity index (χ4n) is 3.66. The number of hydrogen-bond donors (Lipinski definition) is 1. The normalized spacial score (nSPS) is 15.4. The number of benzene rings is 1. The van der Waals surface area contributed by atoms with Crippen LogP contribution in [0.25, 0.3) is 21.3 Å². The zero-order valence-corrected chi connectivity index (χ0v) is 17.0. The molecule has 0 saturated carbocycles. The molecule has 4 rings (SSSR count). The van der Waals surface area contributed by atoms with Crippen LogP contribution in [0.15, 0.2) is 35.1 Å². The van der Waals surface area contributed by atoms with Crippen LogP contribution in [-0.2, 0) is 11.3 Å². The Kier molecular flexibility index (Phi) is 5.54. The number of aromatic nitrogens is 2. The lowest BCUT2D eigenvalue weighted by atomic mass is 10.0. The molecule has 7 heteroatoms. The van der Waals surface area contributed by atoms with Crippen LogP contribution in [0.1, 0.15) is 11.3 Å². The number of nitrogens with one attached hydrogen (secondary N) is 1. The summed E-state index contributed by atoms with van der Waals surface area (Å²) in [6, 6.07) is 10.1. The minimum Gasteiger partial charge on any atom is -0.379 e. The summed E-state index contributed by atoms with van der Waals surface area (Å²) in [5.41, 5.74) is 2.11. The van der Waals surface area contributed by atoms with Gasteiger partial charge >= 0.3 is 0 Å². The van der Waals surface area contributed by atoms with Crippen molar-refractivity contribution in [2.75, 3.05) is 32.8 Å². The van der Waals surface area contributed by atoms with Crippen molar-refractivity contribution in [3.63, 3.8) is 0 Å². The van der Waals surface area contributed by atoms with Crippen molar-refractivity contribution >= 4 is 33.8 Å². The molecule has 1 aliphatic heterocycles. The topological polar surface area (TPSA) is 50.3 Å². The molecule has 1 fully saturated rings. The standard InChI is InChI=1S/C20H23N3O2S2/c1-14-16(15-6-3-2-4-7-15)17-18(27-14)21-20(26)23(19(17)24)9-5-8-22-10-12-25-13-11-22/h2-4,6-7H,5,8-13H2,1H3,(H,21,26). The first-order chi connectivity index (χ1) is 13.1. The van der Waals surface area contributed by atoms with Crippen molar-refractivity contribution in [3.8, 4) is 11.1 Å². The summed E-state index contributed by atoms with van der Waals surface area (Å²) in [6.07, 6.45) is 0.896. The van der Waals surface area contributed by atoms with Gasteiger partial charge in [-0.1, -0.05) is 30.3 Å². The highest BCUT2D eigenvalue weighted by molar-refractivity contribution is 7.71. The molecule has 3 aromatic rings. The van der Waals surface area contributed by atoms with Crippen LogP contribution in [0.2, 0.25) is 0 Å². The zero-order chi connectivity index (χ0) is 18.8. The summed E-state index contributed by atoms with van der Waals surface area (Å²) in [4.78, 5) is 20.9. The third kappa shape index (κ3) is 3.78. The van der Waals surface area contributed by atoms with E-state index in [1.807, 2.05) is 18.2 Å². The molecule has 0 aliphatic carbocycles. The fraction of sp³-hybridized carbons (Fsp3) is 0.400. The maximum absolute atomic E-state index is 13.3. The summed E-state index contributed by atoms with van der Waals surface area (Å²) < 4.78 is 7.62. The van der Waals surface area contributed by atoms with E-state index in [-0.39, 0.29) is 5.56 Å². The van der Waals surface area contributed by atoms with E-state index in [9.17, 15) is 4.79 Å². The molecule has 1 N–H and O–H groups in total. The molecule has 0 amide bonds. The summed E-state index contributed by atoms with van der Waals surface area (Å²) in [5.74, 6) is 0. The molecule has 0 bridgehead atoms. The predicted octanol–water partition coefficient (Wildman–Crippen LogP) is 3.82. The number of nitrogens with zero attached hydrogens (tertiary/aromatic N) is 2. The van der Waals surface area contributed by atoms with Gasteiger partial charge in [-0.15, -0.1) is 11.3 Å². The Bertz CT molecular complexity index is 1050. The number of rotatable bonds is 5. The molecule has 142 valence electrons. The number of morpholine rings is 1. The number of hydrogen-bond acceptors (Lipinski definition) is 5. The molecular formula is C20H23N3O2S2. The highest BCUT2D eigenvalue weighted by atomic mass is 32.1. The monoisotopic (exact) mass is 401 g/mol. The second-order valence-corrected chi connectivity index (χ2v) is 8.41. The maximum Gasteiger partial charge on any atom is 0.263 e. The smallest absolute Gasteiger partial charge is 0.263 e. The van der Waals surface area contributed by atoms with Crippen molar-refractivity contribution in [3.05, 3.63) is 50.3 Å². The van der Waals surface area contributed by atoms with Crippen molar-refractivity contribution < 1.29 is 4.74 Å². The SMILES string of the molecule is Cc1sc2[nH]c(=S)n(CCCN3CCOCC3)c(=O)c2c1-c1ccccc1. The van der Waals surface area contributed by atoms with Gasteiger partial charge in [-0.2, -0.15) is 0 Å². The van der Waals surface area contributed by atoms with Gasteiger partial charge in [0.05, 0.1) is 18.6 Å². The zero-order valence-electron chi connectivity index (χ0n) is 15.4. The number of fused-ring (bicyclic) bond motifs is 1. The van der Waals surface area contributed by atoms with Gasteiger partial charge in [0.15, 0.2) is 4.77 Å². The molecule has 1 saturated heterocycles. The molecule has 1 aromatic carbocycles. The highest BCUT2D eigenvalue weighted by Gasteiger charge is 2.17. The molecule has 1 aliphatic rings. The van der Waals surface area contributed by atoms with Crippen LogP contribution in [0.4, 0.5) is 0 Å². The van der Waals surface area contributed by atoms with E-state index >= 15 is 0 Å². The van der Waals surface area contributed by atoms with Crippen LogP contribution in [-0.4, -0.2) is 47.3 Å². The molecule has 0 atom stereocenters. The van der Waals surface area contributed by atoms with Crippen LogP contribution in [0, 0.1) is 11.7 Å². The second-order valence-electron chi connectivity index (χ2n) is 6.80. The Balaban J connectivity index is 1.67. The van der Waals surface area contributed by atoms with Gasteiger partial charge in [0, 0.05) is 36.6 Å². The third-order valence-electron chi connectivity index (χ3n) is 5.03. The summed E-state index contributed by atoms with van der Waals surface area (Å²) in [5, 5.41) is 0.753. The number of aromatic amines is 1. The lowest BCUT2D eigenvalue weighted by Gasteiger charge is -2.26. The lowest BCUT2D eigenvalue weighted by molar-refractivity contribution is 0.0369. The van der Waals surface area contributed by atoms with Crippen molar-refractivity contribution in [2.45, 2.75) is 19.9 Å². The molecule has 5 nitrogen and oxygen atoms in total. The van der Waals surface area contributed by atoms with Crippen LogP contribution in [0.3, 0.4) is 0 Å². The molecule has 0 spiro atoms. The first kappa shape index (κ1) is 18.6. The second kappa shape index (κ2) is 8.06. The maximum atomic E-state index is 13.3.